The summed E-state index contributed by atoms with van der Waals surface area (Å²) in [4.78, 5) is 14.0. The van der Waals surface area contributed by atoms with Gasteiger partial charge in [0, 0.05) is 30.3 Å². The molecule has 1 fully saturated rings. The Labute approximate surface area is 193 Å². The normalized spacial score (nSPS) is 16.6. The molecule has 0 aliphatic carbocycles. The van der Waals surface area contributed by atoms with E-state index in [2.05, 4.69) is 5.32 Å². The molecule has 0 radical (unpaired) electrons. The van der Waals surface area contributed by atoms with Gasteiger partial charge in [0.05, 0.1) is 27.3 Å². The van der Waals surface area contributed by atoms with Crippen molar-refractivity contribution in [2.75, 3.05) is 30.8 Å². The number of carbonyl (C=O) groups excluding carboxylic acids is 1. The van der Waals surface area contributed by atoms with Gasteiger partial charge in [-0.1, -0.05) is 37.6 Å². The van der Waals surface area contributed by atoms with Crippen LogP contribution in [0.25, 0.3) is 0 Å². The van der Waals surface area contributed by atoms with Crippen LogP contribution in [0.2, 0.25) is 5.02 Å². The Morgan fingerprint density at radius 3 is 2.65 bits per heavy atom. The van der Waals surface area contributed by atoms with Crippen molar-refractivity contribution in [2.24, 2.45) is 0 Å². The van der Waals surface area contributed by atoms with Crippen molar-refractivity contribution < 1.29 is 17.9 Å². The van der Waals surface area contributed by atoms with Gasteiger partial charge in [0.1, 0.15) is 0 Å². The number of thioether (sulfide) groups is 1. The highest BCUT2D eigenvalue weighted by atomic mass is 35.5. The molecule has 2 aromatic carbocycles. The molecule has 31 heavy (non-hydrogen) atoms. The molecule has 0 spiro atoms. The highest BCUT2D eigenvalue weighted by Gasteiger charge is 2.23. The number of sulfonamides is 1. The Bertz CT molecular complexity index is 1020. The lowest BCUT2D eigenvalue weighted by Crippen LogP contribution is -2.30. The number of hydrogen-bond donors (Lipinski definition) is 1. The number of nitrogens with zero attached hydrogens (tertiary/aromatic N) is 1. The minimum atomic E-state index is -3.66. The first kappa shape index (κ1) is 24.1. The summed E-state index contributed by atoms with van der Waals surface area (Å²) >= 11 is 7.85. The zero-order valence-corrected chi connectivity index (χ0v) is 20.0. The van der Waals surface area contributed by atoms with Gasteiger partial charge in [-0.25, -0.2) is 8.42 Å². The number of carbonyl (C=O) groups is 1. The fraction of sp³-hybridized carbons (Fsp3) is 0.409. The van der Waals surface area contributed by atoms with Crippen LogP contribution in [0, 0.1) is 0 Å². The van der Waals surface area contributed by atoms with Crippen LogP contribution in [0.15, 0.2) is 52.3 Å². The Morgan fingerprint density at radius 2 is 1.97 bits per heavy atom. The number of hydrogen-bond acceptors (Lipinski definition) is 5. The SMILES string of the molecule is CCN(CC)S(=O)(=O)c1ccc(Cl)c(NC(=O)c2ccccc2SCC2CCCO2)c1. The Hall–Kier alpha value is -1.58. The topological polar surface area (TPSA) is 75.7 Å². The summed E-state index contributed by atoms with van der Waals surface area (Å²) in [6.07, 6.45) is 2.31. The first-order valence-electron chi connectivity index (χ1n) is 10.3. The van der Waals surface area contributed by atoms with Crippen molar-refractivity contribution in [2.45, 2.75) is 42.6 Å². The van der Waals surface area contributed by atoms with E-state index in [4.69, 9.17) is 16.3 Å². The lowest BCUT2D eigenvalue weighted by molar-refractivity contribution is 0.102. The molecule has 3 rings (SSSR count). The third-order valence-corrected chi connectivity index (χ3v) is 8.69. The van der Waals surface area contributed by atoms with E-state index in [0.29, 0.717) is 18.7 Å². The van der Waals surface area contributed by atoms with Gasteiger partial charge >= 0.3 is 0 Å². The van der Waals surface area contributed by atoms with E-state index in [1.165, 1.54) is 22.5 Å². The fourth-order valence-corrected chi connectivity index (χ4v) is 6.17. The van der Waals surface area contributed by atoms with Gasteiger partial charge in [-0.3, -0.25) is 4.79 Å². The molecule has 1 heterocycles. The highest BCUT2D eigenvalue weighted by Crippen LogP contribution is 2.30. The maximum Gasteiger partial charge on any atom is 0.256 e. The number of nitrogens with one attached hydrogen (secondary N) is 1. The molecule has 1 aliphatic rings. The van der Waals surface area contributed by atoms with Crippen LogP contribution in [0.4, 0.5) is 5.69 Å². The van der Waals surface area contributed by atoms with Gasteiger partial charge in [0.25, 0.3) is 5.91 Å². The van der Waals surface area contributed by atoms with Gasteiger partial charge in [-0.05, 0) is 43.2 Å². The van der Waals surface area contributed by atoms with Gasteiger partial charge in [0.2, 0.25) is 10.0 Å². The largest absolute Gasteiger partial charge is 0.377 e. The molecular formula is C22H27ClN2O4S2. The summed E-state index contributed by atoms with van der Waals surface area (Å²) in [6, 6.07) is 11.7. The predicted molar refractivity (Wildman–Crippen MR) is 126 cm³/mol. The van der Waals surface area contributed by atoms with Crippen molar-refractivity contribution in [1.29, 1.82) is 0 Å². The first-order chi connectivity index (χ1) is 14.9. The summed E-state index contributed by atoms with van der Waals surface area (Å²) in [7, 11) is -3.66. The van der Waals surface area contributed by atoms with Crippen molar-refractivity contribution in [3.8, 4) is 0 Å². The second-order valence-corrected chi connectivity index (χ2v) is 10.5. The summed E-state index contributed by atoms with van der Waals surface area (Å²) in [6.45, 7) is 5.07. The Morgan fingerprint density at radius 1 is 1.23 bits per heavy atom. The van der Waals surface area contributed by atoms with Crippen LogP contribution in [0.3, 0.4) is 0 Å². The average Bonchev–Trinajstić information content (AvgIpc) is 3.28. The minimum Gasteiger partial charge on any atom is -0.377 e. The number of ether oxygens (including phenoxy) is 1. The summed E-state index contributed by atoms with van der Waals surface area (Å²) in [5.74, 6) is 0.442. The van der Waals surface area contributed by atoms with Crippen molar-refractivity contribution >= 4 is 45.0 Å². The Kier molecular flexibility index (Phi) is 8.41. The molecule has 1 saturated heterocycles. The molecule has 9 heteroatoms. The molecule has 6 nitrogen and oxygen atoms in total. The Balaban J connectivity index is 1.81. The summed E-state index contributed by atoms with van der Waals surface area (Å²) in [5.41, 5.74) is 0.775. The molecule has 1 aliphatic heterocycles. The highest BCUT2D eigenvalue weighted by molar-refractivity contribution is 7.99. The zero-order chi connectivity index (χ0) is 22.4. The van der Waals surface area contributed by atoms with Crippen LogP contribution < -0.4 is 5.32 Å². The monoisotopic (exact) mass is 482 g/mol. The van der Waals surface area contributed by atoms with E-state index in [1.54, 1.807) is 37.7 Å². The maximum absolute atomic E-state index is 13.0. The smallest absolute Gasteiger partial charge is 0.256 e. The molecular weight excluding hydrogens is 456 g/mol. The molecule has 0 saturated carbocycles. The van der Waals surface area contributed by atoms with Crippen LogP contribution in [-0.2, 0) is 14.8 Å². The molecule has 1 amide bonds. The minimum absolute atomic E-state index is 0.0944. The van der Waals surface area contributed by atoms with Crippen LogP contribution in [0.5, 0.6) is 0 Å². The van der Waals surface area contributed by atoms with Crippen LogP contribution in [-0.4, -0.2) is 50.2 Å². The summed E-state index contributed by atoms with van der Waals surface area (Å²) in [5, 5.41) is 3.06. The third-order valence-electron chi connectivity index (χ3n) is 5.11. The molecule has 1 unspecified atom stereocenters. The molecule has 168 valence electrons. The van der Waals surface area contributed by atoms with Crippen molar-refractivity contribution in [1.82, 2.24) is 4.31 Å². The quantitative estimate of drug-likeness (QED) is 0.515. The molecule has 1 atom stereocenters. The maximum atomic E-state index is 13.0. The number of benzene rings is 2. The van der Waals surface area contributed by atoms with Crippen molar-refractivity contribution in [3.05, 3.63) is 53.1 Å². The van der Waals surface area contributed by atoms with E-state index in [-0.39, 0.29) is 27.6 Å². The van der Waals surface area contributed by atoms with Gasteiger partial charge in [-0.2, -0.15) is 4.31 Å². The zero-order valence-electron chi connectivity index (χ0n) is 17.6. The summed E-state index contributed by atoms with van der Waals surface area (Å²) < 4.78 is 32.7. The van der Waals surface area contributed by atoms with E-state index < -0.39 is 10.0 Å². The van der Waals surface area contributed by atoms with Gasteiger partial charge in [0.15, 0.2) is 0 Å². The number of amides is 1. The predicted octanol–water partition coefficient (Wildman–Crippen LogP) is 4.89. The second kappa shape index (κ2) is 10.8. The molecule has 1 N–H and O–H groups in total. The number of anilines is 1. The van der Waals surface area contributed by atoms with E-state index in [1.807, 2.05) is 12.1 Å². The second-order valence-electron chi connectivity index (χ2n) is 7.13. The van der Waals surface area contributed by atoms with Crippen LogP contribution >= 0.6 is 23.4 Å². The lowest BCUT2D eigenvalue weighted by atomic mass is 10.2. The number of halogens is 1. The molecule has 0 bridgehead atoms. The van der Waals surface area contributed by atoms with Crippen molar-refractivity contribution in [3.63, 3.8) is 0 Å². The fourth-order valence-electron chi connectivity index (χ4n) is 3.40. The lowest BCUT2D eigenvalue weighted by Gasteiger charge is -2.19. The van der Waals surface area contributed by atoms with Gasteiger partial charge < -0.3 is 10.1 Å². The standard InChI is InChI=1S/C22H27ClN2O4S2/c1-3-25(4-2)31(27,28)17-11-12-19(23)20(14-17)24-22(26)18-9-5-6-10-21(18)30-15-16-8-7-13-29-16/h5-6,9-12,14,16H,3-4,7-8,13,15H2,1-2H3,(H,24,26). The van der Waals surface area contributed by atoms with E-state index in [0.717, 1.165) is 30.1 Å². The average molecular weight is 483 g/mol. The van der Waals surface area contributed by atoms with Crippen LogP contribution in [0.1, 0.15) is 37.0 Å². The number of rotatable bonds is 9. The van der Waals surface area contributed by atoms with Gasteiger partial charge in [-0.15, -0.1) is 11.8 Å². The first-order valence-corrected chi connectivity index (χ1v) is 13.1. The molecule has 0 aromatic heterocycles. The van der Waals surface area contributed by atoms with E-state index in [9.17, 15) is 13.2 Å². The molecule has 2 aromatic rings. The van der Waals surface area contributed by atoms with E-state index >= 15 is 0 Å². The third kappa shape index (κ3) is 5.81.